The third-order valence-corrected chi connectivity index (χ3v) is 9.44. The van der Waals surface area contributed by atoms with Gasteiger partial charge in [-0.25, -0.2) is 8.42 Å². The maximum atomic E-state index is 14.0. The summed E-state index contributed by atoms with van der Waals surface area (Å²) in [6.07, 6.45) is 0.583. The summed E-state index contributed by atoms with van der Waals surface area (Å²) in [7, 11) is -4.10. The summed E-state index contributed by atoms with van der Waals surface area (Å²) in [6.45, 7) is 11.2. The van der Waals surface area contributed by atoms with Crippen LogP contribution < -0.4 is 24.5 Å². The molecule has 12 heteroatoms. The van der Waals surface area contributed by atoms with E-state index in [1.807, 2.05) is 65.0 Å². The Morgan fingerprint density at radius 1 is 0.875 bits per heavy atom. The number of aromatic hydroxyl groups is 1. The molecule has 11 nitrogen and oxygen atoms in total. The van der Waals surface area contributed by atoms with Gasteiger partial charge in [0.1, 0.15) is 19.0 Å². The molecule has 260 valence electrons. The van der Waals surface area contributed by atoms with E-state index < -0.39 is 10.0 Å². The van der Waals surface area contributed by atoms with Gasteiger partial charge in [-0.3, -0.25) is 24.3 Å². The number of nitrogens with one attached hydrogen (secondary N) is 2. The van der Waals surface area contributed by atoms with Crippen LogP contribution in [0.2, 0.25) is 0 Å². The maximum Gasteiger partial charge on any atom is 0.264 e. The normalized spacial score (nSPS) is 13.3. The predicted octanol–water partition coefficient (Wildman–Crippen LogP) is 4.89. The largest absolute Gasteiger partial charge is 0.505 e. The first kappa shape index (κ1) is 36.5. The number of hydrazine groups is 1. The average molecular weight is 681 g/mol. The number of fused-ring (bicyclic) bond motifs is 1. The molecule has 0 unspecified atom stereocenters. The van der Waals surface area contributed by atoms with Crippen LogP contribution in [0.4, 0.5) is 5.69 Å². The SMILES string of the molecule is CC(C)CC(=O)N(C[C@H](C)Cc1cccc(N(CC(C)C)S(=O)(=O)c2ccc3c(c2)OCCO3)c1O)NC(=O)CNCc1ccccc1. The third-order valence-electron chi connectivity index (χ3n) is 7.66. The van der Waals surface area contributed by atoms with Gasteiger partial charge in [-0.2, -0.15) is 0 Å². The Morgan fingerprint density at radius 3 is 2.27 bits per heavy atom. The van der Waals surface area contributed by atoms with E-state index in [4.69, 9.17) is 9.47 Å². The monoisotopic (exact) mass is 680 g/mol. The molecule has 2 amide bonds. The van der Waals surface area contributed by atoms with Gasteiger partial charge < -0.3 is 19.9 Å². The van der Waals surface area contributed by atoms with Crippen LogP contribution in [0.5, 0.6) is 17.2 Å². The number of rotatable bonds is 15. The van der Waals surface area contributed by atoms with Gasteiger partial charge in [0.25, 0.3) is 15.9 Å². The Bertz CT molecular complexity index is 1650. The van der Waals surface area contributed by atoms with Gasteiger partial charge in [0, 0.05) is 32.1 Å². The second-order valence-corrected chi connectivity index (χ2v) is 14.9. The Labute approximate surface area is 284 Å². The zero-order valence-electron chi connectivity index (χ0n) is 28.4. The van der Waals surface area contributed by atoms with Crippen molar-refractivity contribution in [1.29, 1.82) is 0 Å². The summed E-state index contributed by atoms with van der Waals surface area (Å²) in [6, 6.07) is 19.3. The summed E-state index contributed by atoms with van der Waals surface area (Å²) < 4.78 is 40.5. The molecule has 1 atom stereocenters. The van der Waals surface area contributed by atoms with Crippen LogP contribution in [0, 0.1) is 17.8 Å². The highest BCUT2D eigenvalue weighted by molar-refractivity contribution is 7.92. The lowest BCUT2D eigenvalue weighted by molar-refractivity contribution is -0.142. The summed E-state index contributed by atoms with van der Waals surface area (Å²) in [5, 5.41) is 16.0. The fourth-order valence-corrected chi connectivity index (χ4v) is 7.09. The van der Waals surface area contributed by atoms with Gasteiger partial charge in [0.2, 0.25) is 5.91 Å². The molecule has 0 bridgehead atoms. The number of phenols is 1. The number of ether oxygens (including phenoxy) is 2. The number of amides is 2. The lowest BCUT2D eigenvalue weighted by atomic mass is 9.99. The van der Waals surface area contributed by atoms with Gasteiger partial charge in [-0.15, -0.1) is 0 Å². The molecule has 0 saturated carbocycles. The first-order chi connectivity index (χ1) is 22.8. The molecule has 0 aliphatic carbocycles. The van der Waals surface area contributed by atoms with Crippen LogP contribution in [0.3, 0.4) is 0 Å². The topological polar surface area (TPSA) is 138 Å². The molecule has 0 radical (unpaired) electrons. The van der Waals surface area contributed by atoms with Crippen LogP contribution in [0.15, 0.2) is 71.6 Å². The predicted molar refractivity (Wildman–Crippen MR) is 185 cm³/mol. The van der Waals surface area contributed by atoms with Gasteiger partial charge in [0.15, 0.2) is 11.5 Å². The van der Waals surface area contributed by atoms with E-state index in [1.54, 1.807) is 24.3 Å². The molecule has 3 aromatic rings. The minimum Gasteiger partial charge on any atom is -0.505 e. The van der Waals surface area contributed by atoms with Crippen molar-refractivity contribution in [2.24, 2.45) is 17.8 Å². The molecule has 0 spiro atoms. The highest BCUT2D eigenvalue weighted by Crippen LogP contribution is 2.38. The zero-order chi connectivity index (χ0) is 34.8. The third kappa shape index (κ3) is 9.86. The van der Waals surface area contributed by atoms with Crippen LogP contribution in [-0.2, 0) is 32.6 Å². The standard InChI is InChI=1S/C36H48N4O7S/c1-25(2)18-35(42)39(38-34(41)22-37-21-28-10-7-6-8-11-28)24-27(5)19-29-12-9-13-31(36(29)43)40(23-26(3)4)48(44,45)30-14-15-32-33(20-30)47-17-16-46-32/h6-15,20,25-27,37,43H,16-19,21-24H2,1-5H3,(H,38,41)/t27-/m1/s1. The zero-order valence-corrected chi connectivity index (χ0v) is 29.3. The molecule has 48 heavy (non-hydrogen) atoms. The number of carbonyl (C=O) groups is 2. The van der Waals surface area contributed by atoms with Crippen molar-refractivity contribution >= 4 is 27.5 Å². The first-order valence-corrected chi connectivity index (χ1v) is 17.9. The molecular formula is C36H48N4O7S. The second-order valence-electron chi connectivity index (χ2n) is 13.1. The van der Waals surface area contributed by atoms with Crippen LogP contribution in [0.25, 0.3) is 0 Å². The minimum absolute atomic E-state index is 0.0267. The fourth-order valence-electron chi connectivity index (χ4n) is 5.44. The summed E-state index contributed by atoms with van der Waals surface area (Å²) in [4.78, 5) is 26.0. The fraction of sp³-hybridized carbons (Fsp3) is 0.444. The molecule has 0 saturated heterocycles. The Morgan fingerprint density at radius 2 is 1.58 bits per heavy atom. The number of anilines is 1. The Hall–Kier alpha value is -4.29. The van der Waals surface area contributed by atoms with Crippen molar-refractivity contribution in [1.82, 2.24) is 15.8 Å². The van der Waals surface area contributed by atoms with E-state index in [9.17, 15) is 23.1 Å². The number of sulfonamides is 1. The second kappa shape index (κ2) is 16.7. The highest BCUT2D eigenvalue weighted by Gasteiger charge is 2.30. The van der Waals surface area contributed by atoms with Crippen LogP contribution in [-0.4, -0.2) is 63.2 Å². The minimum atomic E-state index is -4.10. The smallest absolute Gasteiger partial charge is 0.264 e. The average Bonchev–Trinajstić information content (AvgIpc) is 3.04. The van der Waals surface area contributed by atoms with E-state index in [2.05, 4.69) is 10.7 Å². The number of benzene rings is 3. The quantitative estimate of drug-likeness (QED) is 0.193. The number of hydrogen-bond acceptors (Lipinski definition) is 8. The number of carbonyl (C=O) groups excluding carboxylic acids is 2. The van der Waals surface area contributed by atoms with E-state index in [-0.39, 0.29) is 72.0 Å². The number of hydrogen-bond donors (Lipinski definition) is 3. The van der Waals surface area contributed by atoms with Crippen LogP contribution >= 0.6 is 0 Å². The van der Waals surface area contributed by atoms with Gasteiger partial charge in [0.05, 0.1) is 17.1 Å². The Kier molecular flexibility index (Phi) is 12.7. The summed E-state index contributed by atoms with van der Waals surface area (Å²) >= 11 is 0. The van der Waals surface area contributed by atoms with Gasteiger partial charge in [-0.05, 0) is 53.5 Å². The number of nitrogens with zero attached hydrogens (tertiary/aromatic N) is 2. The molecular weight excluding hydrogens is 632 g/mol. The molecule has 1 aliphatic heterocycles. The maximum absolute atomic E-state index is 14.0. The number of phenolic OH excluding ortho intramolecular Hbond substituents is 1. The molecule has 3 N–H and O–H groups in total. The first-order valence-electron chi connectivity index (χ1n) is 16.4. The van der Waals surface area contributed by atoms with E-state index in [0.717, 1.165) is 5.56 Å². The van der Waals surface area contributed by atoms with Crippen molar-refractivity contribution in [3.8, 4) is 17.2 Å². The number of para-hydroxylation sites is 1. The van der Waals surface area contributed by atoms with Crippen molar-refractivity contribution in [2.75, 3.05) is 37.2 Å². The highest BCUT2D eigenvalue weighted by atomic mass is 32.2. The lowest BCUT2D eigenvalue weighted by Gasteiger charge is -2.29. The molecule has 4 rings (SSSR count). The van der Waals surface area contributed by atoms with E-state index in [0.29, 0.717) is 43.2 Å². The van der Waals surface area contributed by atoms with Crippen LogP contribution in [0.1, 0.15) is 52.2 Å². The summed E-state index contributed by atoms with van der Waals surface area (Å²) in [5.74, 6) is -0.0245. The van der Waals surface area contributed by atoms with Crippen molar-refractivity contribution < 1.29 is 32.6 Å². The lowest BCUT2D eigenvalue weighted by Crippen LogP contribution is -2.50. The van der Waals surface area contributed by atoms with Gasteiger partial charge >= 0.3 is 0 Å². The molecule has 0 fully saturated rings. The summed E-state index contributed by atoms with van der Waals surface area (Å²) in [5.41, 5.74) is 4.49. The van der Waals surface area contributed by atoms with Crippen molar-refractivity contribution in [2.45, 2.75) is 58.9 Å². The van der Waals surface area contributed by atoms with Gasteiger partial charge in [-0.1, -0.05) is 77.1 Å². The van der Waals surface area contributed by atoms with E-state index in [1.165, 1.54) is 21.4 Å². The molecule has 3 aromatic carbocycles. The van der Waals surface area contributed by atoms with E-state index >= 15 is 0 Å². The van der Waals surface area contributed by atoms with Crippen molar-refractivity contribution in [3.63, 3.8) is 0 Å². The molecule has 1 heterocycles. The Balaban J connectivity index is 1.50. The van der Waals surface area contributed by atoms with Crippen molar-refractivity contribution in [3.05, 3.63) is 77.9 Å². The molecule has 1 aliphatic rings. The molecule has 0 aromatic heterocycles.